The third-order valence-corrected chi connectivity index (χ3v) is 5.69. The molecule has 3 atom stereocenters. The minimum Gasteiger partial charge on any atom is -0.468 e. The Morgan fingerprint density at radius 3 is 2.23 bits per heavy atom. The van der Waals surface area contributed by atoms with Crippen LogP contribution in [0.15, 0.2) is 72.8 Å². The second-order valence-corrected chi connectivity index (χ2v) is 8.08. The third-order valence-electron chi connectivity index (χ3n) is 5.69. The first-order valence-electron chi connectivity index (χ1n) is 10.8. The number of hydrogen-bond donors (Lipinski definition) is 1. The van der Waals surface area contributed by atoms with Crippen LogP contribution in [-0.2, 0) is 22.4 Å². The van der Waals surface area contributed by atoms with Crippen LogP contribution in [0, 0.1) is 18.3 Å². The van der Waals surface area contributed by atoms with E-state index in [1.807, 2.05) is 71.6 Å². The maximum atomic E-state index is 12.8. The number of ether oxygens (including phenoxy) is 1. The lowest BCUT2D eigenvalue weighted by Gasteiger charge is -2.36. The number of carbonyl (C=O) groups excluding carboxylic acids is 1. The van der Waals surface area contributed by atoms with E-state index >= 15 is 0 Å². The molecule has 0 saturated heterocycles. The van der Waals surface area contributed by atoms with Gasteiger partial charge in [0, 0.05) is 6.42 Å². The number of benzene rings is 2. The van der Waals surface area contributed by atoms with E-state index in [4.69, 9.17) is 11.2 Å². The van der Waals surface area contributed by atoms with Crippen molar-refractivity contribution in [2.75, 3.05) is 13.7 Å². The zero-order valence-electron chi connectivity index (χ0n) is 18.1. The molecule has 1 aliphatic carbocycles. The van der Waals surface area contributed by atoms with E-state index in [2.05, 4.69) is 12.0 Å². The van der Waals surface area contributed by atoms with Crippen LogP contribution in [0.2, 0.25) is 0 Å². The van der Waals surface area contributed by atoms with Crippen LogP contribution in [0.1, 0.15) is 24.0 Å². The molecular weight excluding hydrogens is 386 g/mol. The van der Waals surface area contributed by atoms with Gasteiger partial charge in [-0.25, -0.2) is 0 Å². The Morgan fingerprint density at radius 1 is 1.13 bits per heavy atom. The molecule has 2 aromatic rings. The van der Waals surface area contributed by atoms with Gasteiger partial charge in [0.25, 0.3) is 0 Å². The van der Waals surface area contributed by atoms with Gasteiger partial charge in [0.2, 0.25) is 0 Å². The lowest BCUT2D eigenvalue weighted by atomic mass is 9.96. The molecule has 1 N–H and O–H groups in total. The van der Waals surface area contributed by atoms with Crippen molar-refractivity contribution < 1.29 is 14.6 Å². The van der Waals surface area contributed by atoms with E-state index in [-0.39, 0.29) is 12.5 Å². The number of aliphatic hydroxyl groups excluding tert-OH is 1. The molecule has 0 aromatic heterocycles. The van der Waals surface area contributed by atoms with E-state index in [1.165, 1.54) is 7.11 Å². The molecule has 0 amide bonds. The van der Waals surface area contributed by atoms with Gasteiger partial charge in [0.05, 0.1) is 25.8 Å². The summed E-state index contributed by atoms with van der Waals surface area (Å²) in [6.07, 6.45) is 12.4. The fraction of sp³-hybridized carbons (Fsp3) is 0.370. The molecule has 0 unspecified atom stereocenters. The van der Waals surface area contributed by atoms with Gasteiger partial charge in [0.15, 0.2) is 0 Å². The summed E-state index contributed by atoms with van der Waals surface area (Å²) < 4.78 is 5.14. The molecule has 162 valence electrons. The third kappa shape index (κ3) is 6.82. The van der Waals surface area contributed by atoms with Gasteiger partial charge in [-0.2, -0.15) is 0 Å². The molecule has 0 spiro atoms. The summed E-state index contributed by atoms with van der Waals surface area (Å²) in [5, 5.41) is 11.2. The lowest BCUT2D eigenvalue weighted by molar-refractivity contribution is -0.148. The Hall–Kier alpha value is -2.87. The number of nitrogens with zero attached hydrogens (tertiary/aromatic N) is 1. The van der Waals surface area contributed by atoms with Gasteiger partial charge in [-0.15, -0.1) is 6.42 Å². The molecule has 2 aromatic carbocycles. The molecular formula is C27H31NO3. The Labute approximate surface area is 185 Å². The Balaban J connectivity index is 1.91. The van der Waals surface area contributed by atoms with Crippen LogP contribution in [-0.4, -0.2) is 47.8 Å². The Morgan fingerprint density at radius 2 is 1.71 bits per heavy atom. The highest BCUT2D eigenvalue weighted by Crippen LogP contribution is 2.31. The van der Waals surface area contributed by atoms with Crippen molar-refractivity contribution in [1.29, 1.82) is 0 Å². The molecule has 1 fully saturated rings. The number of allylic oxidation sites excluding steroid dienone is 1. The molecule has 4 nitrogen and oxygen atoms in total. The normalized spacial score (nSPS) is 16.6. The quantitative estimate of drug-likeness (QED) is 0.345. The van der Waals surface area contributed by atoms with Crippen LogP contribution >= 0.6 is 0 Å². The summed E-state index contributed by atoms with van der Waals surface area (Å²) >= 11 is 0. The van der Waals surface area contributed by atoms with Gasteiger partial charge in [-0.1, -0.05) is 78.7 Å². The molecule has 0 heterocycles. The molecule has 3 rings (SSSR count). The Kier molecular flexibility index (Phi) is 8.46. The molecule has 0 radical (unpaired) electrons. The summed E-state index contributed by atoms with van der Waals surface area (Å²) in [5.41, 5.74) is 2.06. The topological polar surface area (TPSA) is 49.8 Å². The largest absolute Gasteiger partial charge is 0.468 e. The standard InChI is InChI=1S/C27H31NO3/c1-3-18-28(25(27(30)31-2)19-22-10-6-4-7-11-22)24(17-16-21-14-15-21)26(29)20-23-12-8-5-9-13-23/h1,4-13,16-17,21,24-26,29H,14-15,18-20H2,2H3/b17-16+/t24-,25-,26+/m0/s1. The fourth-order valence-electron chi connectivity index (χ4n) is 3.83. The predicted octanol–water partition coefficient (Wildman–Crippen LogP) is 3.64. The molecule has 31 heavy (non-hydrogen) atoms. The minimum absolute atomic E-state index is 0.234. The molecule has 0 aliphatic heterocycles. The zero-order valence-corrected chi connectivity index (χ0v) is 18.1. The monoisotopic (exact) mass is 417 g/mol. The van der Waals surface area contributed by atoms with Crippen LogP contribution in [0.25, 0.3) is 0 Å². The van der Waals surface area contributed by atoms with Crippen LogP contribution in [0.5, 0.6) is 0 Å². The first-order chi connectivity index (χ1) is 15.1. The molecule has 4 heteroatoms. The summed E-state index contributed by atoms with van der Waals surface area (Å²) in [6, 6.07) is 18.7. The second-order valence-electron chi connectivity index (χ2n) is 8.08. The SMILES string of the molecule is C#CCN([C@@H](Cc1ccccc1)C(=O)OC)[C@@H](/C=C/C1CC1)[C@H](O)Cc1ccccc1. The lowest BCUT2D eigenvalue weighted by Crippen LogP contribution is -2.53. The first kappa shape index (κ1) is 22.8. The van der Waals surface area contributed by atoms with Crippen molar-refractivity contribution >= 4 is 5.97 Å². The van der Waals surface area contributed by atoms with E-state index < -0.39 is 18.2 Å². The predicted molar refractivity (Wildman–Crippen MR) is 123 cm³/mol. The molecule has 1 saturated carbocycles. The maximum Gasteiger partial charge on any atom is 0.323 e. The highest BCUT2D eigenvalue weighted by Gasteiger charge is 2.35. The maximum absolute atomic E-state index is 12.8. The van der Waals surface area contributed by atoms with Gasteiger partial charge in [0.1, 0.15) is 6.04 Å². The van der Waals surface area contributed by atoms with Crippen molar-refractivity contribution in [3.8, 4) is 12.3 Å². The second kappa shape index (κ2) is 11.5. The number of methoxy groups -OCH3 is 1. The van der Waals surface area contributed by atoms with Gasteiger partial charge in [-0.05, 0) is 36.3 Å². The van der Waals surface area contributed by atoms with E-state index in [9.17, 15) is 9.90 Å². The summed E-state index contributed by atoms with van der Waals surface area (Å²) in [5.74, 6) is 2.88. The van der Waals surface area contributed by atoms with Gasteiger partial charge < -0.3 is 9.84 Å². The smallest absolute Gasteiger partial charge is 0.323 e. The van der Waals surface area contributed by atoms with Crippen molar-refractivity contribution in [2.45, 2.75) is 43.9 Å². The Bertz CT molecular complexity index is 884. The summed E-state index contributed by atoms with van der Waals surface area (Å²) in [4.78, 5) is 14.7. The zero-order chi connectivity index (χ0) is 22.1. The van der Waals surface area contributed by atoms with Gasteiger partial charge >= 0.3 is 5.97 Å². The number of terminal acetylenes is 1. The number of carbonyl (C=O) groups is 1. The van der Waals surface area contributed by atoms with Crippen molar-refractivity contribution in [1.82, 2.24) is 4.90 Å². The van der Waals surface area contributed by atoms with Crippen molar-refractivity contribution in [3.05, 3.63) is 83.9 Å². The number of aliphatic hydroxyl groups is 1. The van der Waals surface area contributed by atoms with Crippen LogP contribution < -0.4 is 0 Å². The average Bonchev–Trinajstić information content (AvgIpc) is 3.62. The average molecular weight is 418 g/mol. The van der Waals surface area contributed by atoms with Crippen LogP contribution in [0.4, 0.5) is 0 Å². The summed E-state index contributed by atoms with van der Waals surface area (Å²) in [6.45, 7) is 0.234. The van der Waals surface area contributed by atoms with E-state index in [0.29, 0.717) is 18.8 Å². The molecule has 0 bridgehead atoms. The van der Waals surface area contributed by atoms with E-state index in [0.717, 1.165) is 24.0 Å². The molecule has 1 aliphatic rings. The van der Waals surface area contributed by atoms with Crippen molar-refractivity contribution in [2.24, 2.45) is 5.92 Å². The number of esters is 1. The fourth-order valence-corrected chi connectivity index (χ4v) is 3.83. The number of hydrogen-bond acceptors (Lipinski definition) is 4. The van der Waals surface area contributed by atoms with Crippen LogP contribution in [0.3, 0.4) is 0 Å². The summed E-state index contributed by atoms with van der Waals surface area (Å²) in [7, 11) is 1.39. The highest BCUT2D eigenvalue weighted by atomic mass is 16.5. The number of rotatable bonds is 11. The van der Waals surface area contributed by atoms with Crippen molar-refractivity contribution in [3.63, 3.8) is 0 Å². The first-order valence-corrected chi connectivity index (χ1v) is 10.8. The van der Waals surface area contributed by atoms with E-state index in [1.54, 1.807) is 0 Å². The minimum atomic E-state index is -0.714. The highest BCUT2D eigenvalue weighted by molar-refractivity contribution is 5.76. The van der Waals surface area contributed by atoms with Gasteiger partial charge in [-0.3, -0.25) is 9.69 Å².